The third kappa shape index (κ3) is 2.24. The van der Waals surface area contributed by atoms with E-state index in [-0.39, 0.29) is 5.28 Å². The molecule has 0 amide bonds. The van der Waals surface area contributed by atoms with Crippen LogP contribution in [0.3, 0.4) is 0 Å². The minimum atomic E-state index is 0.200. The van der Waals surface area contributed by atoms with E-state index in [1.165, 1.54) is 0 Å². The number of nitrogens with one attached hydrogen (secondary N) is 2. The van der Waals surface area contributed by atoms with E-state index in [0.717, 1.165) is 31.7 Å². The van der Waals surface area contributed by atoms with Crippen molar-refractivity contribution in [3.63, 3.8) is 0 Å². The zero-order chi connectivity index (χ0) is 12.5. The van der Waals surface area contributed by atoms with Crippen LogP contribution in [0.4, 0.5) is 5.82 Å². The van der Waals surface area contributed by atoms with Crippen molar-refractivity contribution in [2.75, 3.05) is 38.7 Å². The molecular formula is C10H14ClN7. The number of rotatable bonds is 2. The molecule has 1 aliphatic rings. The Labute approximate surface area is 109 Å². The molecule has 96 valence electrons. The number of hydrazine groups is 1. The van der Waals surface area contributed by atoms with Crippen molar-refractivity contribution in [1.29, 1.82) is 0 Å². The van der Waals surface area contributed by atoms with Crippen molar-refractivity contribution in [3.05, 3.63) is 11.6 Å². The summed E-state index contributed by atoms with van der Waals surface area (Å²) < 4.78 is 0. The van der Waals surface area contributed by atoms with Gasteiger partial charge in [0.1, 0.15) is 5.52 Å². The van der Waals surface area contributed by atoms with Gasteiger partial charge < -0.3 is 15.3 Å². The minimum absolute atomic E-state index is 0.200. The topological polar surface area (TPSA) is 73.0 Å². The molecule has 1 aliphatic heterocycles. The summed E-state index contributed by atoms with van der Waals surface area (Å²) in [6, 6.07) is 0. The van der Waals surface area contributed by atoms with Crippen molar-refractivity contribution in [2.45, 2.75) is 0 Å². The van der Waals surface area contributed by atoms with E-state index in [9.17, 15) is 0 Å². The van der Waals surface area contributed by atoms with E-state index < -0.39 is 0 Å². The summed E-state index contributed by atoms with van der Waals surface area (Å²) >= 11 is 5.88. The number of H-pyrrole nitrogens is 1. The Morgan fingerprint density at radius 3 is 2.83 bits per heavy atom. The number of anilines is 1. The zero-order valence-corrected chi connectivity index (χ0v) is 10.8. The standard InChI is InChI=1S/C10H14ClN7/c1-17-2-4-18(5-3-17)16-9-7-8(13-6-12-7)14-10(11)15-9/h6H,2-5H2,1H3,(H2,12,13,14,15,16). The number of hydrogen-bond acceptors (Lipinski definition) is 6. The summed E-state index contributed by atoms with van der Waals surface area (Å²) in [6.07, 6.45) is 1.59. The summed E-state index contributed by atoms with van der Waals surface area (Å²) in [6.45, 7) is 3.93. The smallest absolute Gasteiger partial charge is 0.226 e. The van der Waals surface area contributed by atoms with Gasteiger partial charge in [0.15, 0.2) is 11.5 Å². The SMILES string of the molecule is CN1CCN(Nc2nc(Cl)nc3nc[nH]c23)CC1. The van der Waals surface area contributed by atoms with Gasteiger partial charge in [0.25, 0.3) is 0 Å². The van der Waals surface area contributed by atoms with Crippen LogP contribution < -0.4 is 5.43 Å². The largest absolute Gasteiger partial charge is 0.340 e. The number of halogens is 1. The van der Waals surface area contributed by atoms with Gasteiger partial charge in [-0.05, 0) is 18.6 Å². The van der Waals surface area contributed by atoms with Crippen LogP contribution >= 0.6 is 11.6 Å². The van der Waals surface area contributed by atoms with Gasteiger partial charge in [-0.1, -0.05) is 0 Å². The normalized spacial score (nSPS) is 18.3. The summed E-state index contributed by atoms with van der Waals surface area (Å²) in [7, 11) is 2.12. The molecule has 0 bridgehead atoms. The predicted molar refractivity (Wildman–Crippen MR) is 69.4 cm³/mol. The Morgan fingerprint density at radius 2 is 2.06 bits per heavy atom. The molecule has 0 radical (unpaired) electrons. The molecule has 0 aromatic carbocycles. The van der Waals surface area contributed by atoms with E-state index in [4.69, 9.17) is 11.6 Å². The average Bonchev–Trinajstić information content (AvgIpc) is 2.80. The second kappa shape index (κ2) is 4.68. The van der Waals surface area contributed by atoms with E-state index in [2.05, 4.69) is 42.3 Å². The third-order valence-corrected chi connectivity index (χ3v) is 3.19. The number of hydrogen-bond donors (Lipinski definition) is 2. The fourth-order valence-corrected chi connectivity index (χ4v) is 2.12. The molecule has 0 spiro atoms. The first-order valence-corrected chi connectivity index (χ1v) is 6.17. The first kappa shape index (κ1) is 11.6. The maximum atomic E-state index is 5.88. The number of aromatic amines is 1. The molecule has 2 aromatic rings. The molecular weight excluding hydrogens is 254 g/mol. The van der Waals surface area contributed by atoms with Crippen molar-refractivity contribution in [3.8, 4) is 0 Å². The van der Waals surface area contributed by atoms with Gasteiger partial charge in [-0.15, -0.1) is 0 Å². The first-order valence-electron chi connectivity index (χ1n) is 5.79. The number of aromatic nitrogens is 4. The van der Waals surface area contributed by atoms with Gasteiger partial charge in [0.05, 0.1) is 6.33 Å². The number of piperazine rings is 1. The van der Waals surface area contributed by atoms with Gasteiger partial charge in [-0.3, -0.25) is 0 Å². The van der Waals surface area contributed by atoms with Crippen LogP contribution in [0.15, 0.2) is 6.33 Å². The molecule has 18 heavy (non-hydrogen) atoms. The molecule has 3 heterocycles. The van der Waals surface area contributed by atoms with Crippen LogP contribution in [0.2, 0.25) is 5.28 Å². The lowest BCUT2D eigenvalue weighted by atomic mass is 10.4. The molecule has 0 aliphatic carbocycles. The van der Waals surface area contributed by atoms with E-state index in [1.807, 2.05) is 0 Å². The quantitative estimate of drug-likeness (QED) is 0.776. The van der Waals surface area contributed by atoms with Crippen molar-refractivity contribution < 1.29 is 0 Å². The number of imidazole rings is 1. The van der Waals surface area contributed by atoms with E-state index in [0.29, 0.717) is 11.5 Å². The highest BCUT2D eigenvalue weighted by Gasteiger charge is 2.16. The molecule has 7 nitrogen and oxygen atoms in total. The van der Waals surface area contributed by atoms with Crippen LogP contribution in [0.1, 0.15) is 0 Å². The van der Waals surface area contributed by atoms with Gasteiger partial charge in [0.2, 0.25) is 5.28 Å². The molecule has 0 unspecified atom stereocenters. The lowest BCUT2D eigenvalue weighted by Gasteiger charge is -2.32. The molecule has 8 heteroatoms. The summed E-state index contributed by atoms with van der Waals surface area (Å²) in [4.78, 5) is 17.6. The van der Waals surface area contributed by atoms with Crippen LogP contribution in [0, 0.1) is 0 Å². The van der Waals surface area contributed by atoms with Gasteiger partial charge in [0, 0.05) is 26.2 Å². The van der Waals surface area contributed by atoms with Crippen molar-refractivity contribution in [1.82, 2.24) is 29.8 Å². The van der Waals surface area contributed by atoms with Crippen LogP contribution in [0.25, 0.3) is 11.2 Å². The highest BCUT2D eigenvalue weighted by atomic mass is 35.5. The number of nitrogens with zero attached hydrogens (tertiary/aromatic N) is 5. The number of likely N-dealkylation sites (N-methyl/N-ethyl adjacent to an activating group) is 1. The molecule has 3 rings (SSSR count). The van der Waals surface area contributed by atoms with Gasteiger partial charge in [-0.25, -0.2) is 9.99 Å². The van der Waals surface area contributed by atoms with E-state index >= 15 is 0 Å². The fraction of sp³-hybridized carbons (Fsp3) is 0.500. The molecule has 0 saturated carbocycles. The molecule has 1 saturated heterocycles. The zero-order valence-electron chi connectivity index (χ0n) is 10.0. The Balaban J connectivity index is 1.83. The molecule has 2 N–H and O–H groups in total. The second-order valence-electron chi connectivity index (χ2n) is 4.34. The van der Waals surface area contributed by atoms with E-state index in [1.54, 1.807) is 6.33 Å². The maximum Gasteiger partial charge on any atom is 0.226 e. The Morgan fingerprint density at radius 1 is 1.28 bits per heavy atom. The maximum absolute atomic E-state index is 5.88. The predicted octanol–water partition coefficient (Wildman–Crippen LogP) is 0.581. The Bertz CT molecular complexity index is 546. The summed E-state index contributed by atoms with van der Waals surface area (Å²) in [5.74, 6) is 0.673. The third-order valence-electron chi connectivity index (χ3n) is 3.03. The van der Waals surface area contributed by atoms with Gasteiger partial charge >= 0.3 is 0 Å². The molecule has 1 fully saturated rings. The van der Waals surface area contributed by atoms with Crippen LogP contribution in [0.5, 0.6) is 0 Å². The fourth-order valence-electron chi connectivity index (χ4n) is 1.96. The highest BCUT2D eigenvalue weighted by molar-refractivity contribution is 6.28. The average molecular weight is 268 g/mol. The summed E-state index contributed by atoms with van der Waals surface area (Å²) in [5.41, 5.74) is 4.62. The molecule has 2 aromatic heterocycles. The lowest BCUT2D eigenvalue weighted by molar-refractivity contribution is 0.178. The highest BCUT2D eigenvalue weighted by Crippen LogP contribution is 2.19. The second-order valence-corrected chi connectivity index (χ2v) is 4.68. The Kier molecular flexibility index (Phi) is 3.02. The lowest BCUT2D eigenvalue weighted by Crippen LogP contribution is -2.47. The minimum Gasteiger partial charge on any atom is -0.340 e. The van der Waals surface area contributed by atoms with Crippen molar-refractivity contribution >= 4 is 28.6 Å². The summed E-state index contributed by atoms with van der Waals surface area (Å²) in [5, 5.41) is 2.32. The first-order chi connectivity index (χ1) is 8.72. The van der Waals surface area contributed by atoms with Crippen molar-refractivity contribution in [2.24, 2.45) is 0 Å². The molecule has 0 atom stereocenters. The van der Waals surface area contributed by atoms with Crippen LogP contribution in [-0.2, 0) is 0 Å². The Hall–Kier alpha value is -1.44. The monoisotopic (exact) mass is 267 g/mol. The van der Waals surface area contributed by atoms with Gasteiger partial charge in [-0.2, -0.15) is 9.97 Å². The number of fused-ring (bicyclic) bond motifs is 1. The van der Waals surface area contributed by atoms with Crippen LogP contribution in [-0.4, -0.2) is 63.1 Å².